The fourth-order valence-electron chi connectivity index (χ4n) is 2.48. The molecule has 1 saturated heterocycles. The van der Waals surface area contributed by atoms with E-state index in [1.165, 1.54) is 4.90 Å². The van der Waals surface area contributed by atoms with E-state index in [1.54, 1.807) is 20.8 Å². The highest BCUT2D eigenvalue weighted by Crippen LogP contribution is 2.39. The number of amides is 2. The Bertz CT molecular complexity index is 568. The van der Waals surface area contributed by atoms with Crippen LogP contribution in [0.3, 0.4) is 0 Å². The topological polar surface area (TPSA) is 37.4 Å². The van der Waals surface area contributed by atoms with Crippen LogP contribution < -0.4 is 0 Å². The molecule has 1 heterocycles. The number of likely N-dealkylation sites (tertiary alicyclic amines) is 1. The Morgan fingerprint density at radius 2 is 1.84 bits per heavy atom. The monoisotopic (exact) mass is 255 g/mol. The van der Waals surface area contributed by atoms with Crippen LogP contribution in [-0.2, 0) is 15.0 Å². The molecule has 0 N–H and O–H groups in total. The van der Waals surface area contributed by atoms with Crippen molar-refractivity contribution >= 4 is 11.8 Å². The molecule has 1 unspecified atom stereocenters. The van der Waals surface area contributed by atoms with E-state index in [9.17, 15) is 9.59 Å². The Morgan fingerprint density at radius 3 is 2.37 bits per heavy atom. The van der Waals surface area contributed by atoms with Crippen molar-refractivity contribution < 1.29 is 9.59 Å². The molecule has 98 valence electrons. The van der Waals surface area contributed by atoms with Crippen LogP contribution in [0.15, 0.2) is 30.3 Å². The van der Waals surface area contributed by atoms with Crippen molar-refractivity contribution in [3.8, 4) is 12.3 Å². The summed E-state index contributed by atoms with van der Waals surface area (Å²) < 4.78 is 0. The van der Waals surface area contributed by atoms with Crippen molar-refractivity contribution in [1.29, 1.82) is 0 Å². The number of carbonyl (C=O) groups excluding carboxylic acids is 2. The first-order valence-corrected chi connectivity index (χ1v) is 6.24. The highest BCUT2D eigenvalue weighted by molar-refractivity contribution is 6.09. The lowest BCUT2D eigenvalue weighted by atomic mass is 9.81. The molecule has 1 aliphatic heterocycles. The summed E-state index contributed by atoms with van der Waals surface area (Å²) in [5.41, 5.74) is -0.851. The first-order chi connectivity index (χ1) is 8.83. The van der Waals surface area contributed by atoms with Crippen LogP contribution in [0.5, 0.6) is 0 Å². The summed E-state index contributed by atoms with van der Waals surface area (Å²) in [5, 5.41) is 0. The zero-order valence-electron chi connectivity index (χ0n) is 11.4. The third-order valence-electron chi connectivity index (χ3n) is 3.75. The van der Waals surface area contributed by atoms with Gasteiger partial charge in [0, 0.05) is 6.42 Å². The number of benzene rings is 1. The van der Waals surface area contributed by atoms with Crippen molar-refractivity contribution in [3.63, 3.8) is 0 Å². The van der Waals surface area contributed by atoms with Crippen molar-refractivity contribution in [3.05, 3.63) is 35.9 Å². The molecule has 1 aliphatic rings. The minimum absolute atomic E-state index is 0.168. The van der Waals surface area contributed by atoms with Gasteiger partial charge in [0.05, 0.1) is 5.41 Å². The van der Waals surface area contributed by atoms with Crippen molar-refractivity contribution in [2.45, 2.75) is 38.1 Å². The van der Waals surface area contributed by atoms with Gasteiger partial charge in [0.25, 0.3) is 0 Å². The summed E-state index contributed by atoms with van der Waals surface area (Å²) in [6, 6.07) is 9.37. The molecule has 3 heteroatoms. The zero-order valence-corrected chi connectivity index (χ0v) is 11.4. The molecular formula is C16H17NO2. The van der Waals surface area contributed by atoms with Gasteiger partial charge < -0.3 is 0 Å². The van der Waals surface area contributed by atoms with E-state index in [-0.39, 0.29) is 18.2 Å². The second kappa shape index (κ2) is 4.24. The number of hydrogen-bond acceptors (Lipinski definition) is 2. The first kappa shape index (κ1) is 13.4. The minimum atomic E-state index is -0.888. The maximum absolute atomic E-state index is 12.7. The second-order valence-electron chi connectivity index (χ2n) is 5.61. The number of hydrogen-bond donors (Lipinski definition) is 0. The molecule has 1 aromatic rings. The summed E-state index contributed by atoms with van der Waals surface area (Å²) in [7, 11) is 0. The Balaban J connectivity index is 2.47. The molecule has 1 atom stereocenters. The Kier molecular flexibility index (Phi) is 2.98. The van der Waals surface area contributed by atoms with Crippen LogP contribution in [0.2, 0.25) is 0 Å². The third-order valence-corrected chi connectivity index (χ3v) is 3.75. The summed E-state index contributed by atoms with van der Waals surface area (Å²) in [6.45, 7) is 5.22. The average molecular weight is 255 g/mol. The predicted octanol–water partition coefficient (Wildman–Crippen LogP) is 2.12. The first-order valence-electron chi connectivity index (χ1n) is 6.24. The van der Waals surface area contributed by atoms with Crippen molar-refractivity contribution in [2.75, 3.05) is 0 Å². The maximum atomic E-state index is 12.7. The van der Waals surface area contributed by atoms with Crippen molar-refractivity contribution in [1.82, 2.24) is 4.90 Å². The fraction of sp³-hybridized carbons (Fsp3) is 0.375. The van der Waals surface area contributed by atoms with Gasteiger partial charge in [-0.3, -0.25) is 14.5 Å². The molecule has 0 aromatic heterocycles. The fourth-order valence-corrected chi connectivity index (χ4v) is 2.48. The molecule has 0 radical (unpaired) electrons. The minimum Gasteiger partial charge on any atom is -0.274 e. The van der Waals surface area contributed by atoms with E-state index in [4.69, 9.17) is 6.42 Å². The normalized spacial score (nSPS) is 23.6. The van der Waals surface area contributed by atoms with E-state index in [2.05, 4.69) is 5.92 Å². The molecule has 0 saturated carbocycles. The lowest BCUT2D eigenvalue weighted by Crippen LogP contribution is -2.48. The molecule has 1 fully saturated rings. The van der Waals surface area contributed by atoms with Gasteiger partial charge >= 0.3 is 0 Å². The zero-order chi connectivity index (χ0) is 14.3. The standard InChI is InChI=1S/C16H17NO2/c1-5-15(2,3)17-13(18)11-16(4,14(17)19)12-9-7-6-8-10-12/h1,6-10H,11H2,2-4H3. The molecule has 3 nitrogen and oxygen atoms in total. The maximum Gasteiger partial charge on any atom is 0.241 e. The van der Waals surface area contributed by atoms with E-state index >= 15 is 0 Å². The van der Waals surface area contributed by atoms with Crippen LogP contribution in [0, 0.1) is 12.3 Å². The quantitative estimate of drug-likeness (QED) is 0.599. The number of terminal acetylenes is 1. The summed E-state index contributed by atoms with van der Waals surface area (Å²) in [4.78, 5) is 26.1. The molecule has 19 heavy (non-hydrogen) atoms. The second-order valence-corrected chi connectivity index (χ2v) is 5.61. The highest BCUT2D eigenvalue weighted by atomic mass is 16.2. The number of rotatable bonds is 2. The van der Waals surface area contributed by atoms with Gasteiger partial charge in [-0.2, -0.15) is 0 Å². The van der Waals surface area contributed by atoms with Crippen molar-refractivity contribution in [2.24, 2.45) is 0 Å². The lowest BCUT2D eigenvalue weighted by Gasteiger charge is -2.31. The molecule has 2 amide bonds. The van der Waals surface area contributed by atoms with E-state index in [0.717, 1.165) is 5.56 Å². The Morgan fingerprint density at radius 1 is 1.26 bits per heavy atom. The van der Waals surface area contributed by atoms with Crippen LogP contribution in [0.1, 0.15) is 32.8 Å². The van der Waals surface area contributed by atoms with Gasteiger partial charge in [-0.05, 0) is 26.3 Å². The molecule has 2 rings (SSSR count). The van der Waals surface area contributed by atoms with Gasteiger partial charge in [0.15, 0.2) is 0 Å². The van der Waals surface area contributed by atoms with Gasteiger partial charge in [0.1, 0.15) is 5.54 Å². The van der Waals surface area contributed by atoms with Crippen LogP contribution in [-0.4, -0.2) is 22.3 Å². The molecular weight excluding hydrogens is 238 g/mol. The number of nitrogens with zero attached hydrogens (tertiary/aromatic N) is 1. The van der Waals surface area contributed by atoms with Crippen LogP contribution in [0.25, 0.3) is 0 Å². The average Bonchev–Trinajstić information content (AvgIpc) is 2.62. The van der Waals surface area contributed by atoms with Gasteiger partial charge in [-0.15, -0.1) is 6.42 Å². The molecule has 1 aromatic carbocycles. The third kappa shape index (κ3) is 1.94. The van der Waals surface area contributed by atoms with E-state index in [0.29, 0.717) is 0 Å². The van der Waals surface area contributed by atoms with Gasteiger partial charge in [-0.1, -0.05) is 36.3 Å². The SMILES string of the molecule is C#CC(C)(C)N1C(=O)CC(C)(c2ccccc2)C1=O. The Hall–Kier alpha value is -2.08. The smallest absolute Gasteiger partial charge is 0.241 e. The Labute approximate surface area is 113 Å². The van der Waals surface area contributed by atoms with Gasteiger partial charge in [-0.25, -0.2) is 0 Å². The summed E-state index contributed by atoms with van der Waals surface area (Å²) in [5.74, 6) is 2.09. The summed E-state index contributed by atoms with van der Waals surface area (Å²) >= 11 is 0. The van der Waals surface area contributed by atoms with E-state index in [1.807, 2.05) is 30.3 Å². The summed E-state index contributed by atoms with van der Waals surface area (Å²) in [6.07, 6.45) is 5.61. The number of imide groups is 1. The van der Waals surface area contributed by atoms with E-state index < -0.39 is 11.0 Å². The predicted molar refractivity (Wildman–Crippen MR) is 73.2 cm³/mol. The highest BCUT2D eigenvalue weighted by Gasteiger charge is 2.53. The van der Waals surface area contributed by atoms with Gasteiger partial charge in [0.2, 0.25) is 11.8 Å². The van der Waals surface area contributed by atoms with Crippen LogP contribution in [0.4, 0.5) is 0 Å². The molecule has 0 spiro atoms. The molecule has 0 bridgehead atoms. The largest absolute Gasteiger partial charge is 0.274 e. The molecule has 0 aliphatic carbocycles. The number of carbonyl (C=O) groups is 2. The lowest BCUT2D eigenvalue weighted by molar-refractivity contribution is -0.143. The van der Waals surface area contributed by atoms with Crippen LogP contribution >= 0.6 is 0 Å².